The third kappa shape index (κ3) is 3.40. The lowest BCUT2D eigenvalue weighted by Crippen LogP contribution is -2.25. The van der Waals surface area contributed by atoms with Gasteiger partial charge in [-0.2, -0.15) is 0 Å². The lowest BCUT2D eigenvalue weighted by molar-refractivity contribution is 0.412. The lowest BCUT2D eigenvalue weighted by Gasteiger charge is -2.30. The molecule has 104 valence electrons. The van der Waals surface area contributed by atoms with Crippen LogP contribution >= 0.6 is 15.9 Å². The maximum absolute atomic E-state index is 4.26. The number of hydrogen-bond donors (Lipinski definition) is 1. The van der Waals surface area contributed by atoms with E-state index < -0.39 is 0 Å². The SMILES string of the molecule is Brc1ccc(NC2CCC(c3ccccc3)CC2)cn1. The van der Waals surface area contributed by atoms with Crippen molar-refractivity contribution < 1.29 is 0 Å². The molecule has 3 rings (SSSR count). The van der Waals surface area contributed by atoms with E-state index in [-0.39, 0.29) is 0 Å². The van der Waals surface area contributed by atoms with Gasteiger partial charge in [-0.05, 0) is 65.2 Å². The van der Waals surface area contributed by atoms with Gasteiger partial charge in [0.05, 0.1) is 11.9 Å². The molecule has 0 atom stereocenters. The molecule has 1 fully saturated rings. The van der Waals surface area contributed by atoms with Crippen LogP contribution in [0.1, 0.15) is 37.2 Å². The minimum Gasteiger partial charge on any atom is -0.381 e. The maximum atomic E-state index is 4.26. The number of benzene rings is 1. The highest BCUT2D eigenvalue weighted by molar-refractivity contribution is 9.10. The van der Waals surface area contributed by atoms with Gasteiger partial charge in [-0.3, -0.25) is 0 Å². The Bertz CT molecular complexity index is 531. The Balaban J connectivity index is 1.55. The van der Waals surface area contributed by atoms with E-state index in [2.05, 4.69) is 62.6 Å². The molecule has 2 aromatic rings. The molecule has 0 bridgehead atoms. The van der Waals surface area contributed by atoms with Gasteiger partial charge in [-0.1, -0.05) is 30.3 Å². The van der Waals surface area contributed by atoms with Crippen LogP contribution in [0.3, 0.4) is 0 Å². The van der Waals surface area contributed by atoms with Gasteiger partial charge >= 0.3 is 0 Å². The predicted molar refractivity (Wildman–Crippen MR) is 87.0 cm³/mol. The standard InChI is InChI=1S/C17H19BrN2/c18-17-11-10-16(12-19-17)20-15-8-6-14(7-9-15)13-4-2-1-3-5-13/h1-5,10-12,14-15,20H,6-9H2. The van der Waals surface area contributed by atoms with Crippen molar-refractivity contribution in [3.63, 3.8) is 0 Å². The second kappa shape index (κ2) is 6.40. The summed E-state index contributed by atoms with van der Waals surface area (Å²) in [6, 6.07) is 15.6. The molecular weight excluding hydrogens is 312 g/mol. The van der Waals surface area contributed by atoms with Gasteiger partial charge in [0.1, 0.15) is 4.60 Å². The fourth-order valence-electron chi connectivity index (χ4n) is 2.99. The van der Waals surface area contributed by atoms with Crippen molar-refractivity contribution >= 4 is 21.6 Å². The van der Waals surface area contributed by atoms with Crippen LogP contribution in [-0.2, 0) is 0 Å². The molecule has 0 spiro atoms. The van der Waals surface area contributed by atoms with E-state index in [0.717, 1.165) is 16.2 Å². The molecular formula is C17H19BrN2. The van der Waals surface area contributed by atoms with E-state index in [1.165, 1.54) is 31.2 Å². The second-order valence-electron chi connectivity index (χ2n) is 5.47. The van der Waals surface area contributed by atoms with Gasteiger partial charge in [-0.15, -0.1) is 0 Å². The van der Waals surface area contributed by atoms with Crippen LogP contribution in [0.25, 0.3) is 0 Å². The molecule has 0 radical (unpaired) electrons. The largest absolute Gasteiger partial charge is 0.381 e. The lowest BCUT2D eigenvalue weighted by atomic mass is 9.82. The summed E-state index contributed by atoms with van der Waals surface area (Å²) in [5.74, 6) is 0.734. The zero-order valence-electron chi connectivity index (χ0n) is 11.4. The number of pyridine rings is 1. The van der Waals surface area contributed by atoms with Crippen molar-refractivity contribution in [1.82, 2.24) is 4.98 Å². The summed E-state index contributed by atoms with van der Waals surface area (Å²) in [5.41, 5.74) is 2.62. The normalized spacial score (nSPS) is 22.4. The topological polar surface area (TPSA) is 24.9 Å². The highest BCUT2D eigenvalue weighted by Gasteiger charge is 2.22. The first-order valence-electron chi connectivity index (χ1n) is 7.24. The highest BCUT2D eigenvalue weighted by Crippen LogP contribution is 2.33. The molecule has 1 N–H and O–H groups in total. The predicted octanol–water partition coefficient (Wildman–Crippen LogP) is 4.98. The Labute approximate surface area is 128 Å². The maximum Gasteiger partial charge on any atom is 0.106 e. The van der Waals surface area contributed by atoms with E-state index in [0.29, 0.717) is 6.04 Å². The van der Waals surface area contributed by atoms with E-state index in [1.54, 1.807) is 0 Å². The van der Waals surface area contributed by atoms with Crippen LogP contribution in [0.5, 0.6) is 0 Å². The quantitative estimate of drug-likeness (QED) is 0.802. The minimum atomic E-state index is 0.581. The van der Waals surface area contributed by atoms with Crippen LogP contribution in [0, 0.1) is 0 Å². The van der Waals surface area contributed by atoms with E-state index in [9.17, 15) is 0 Å². The summed E-state index contributed by atoms with van der Waals surface area (Å²) in [4.78, 5) is 4.26. The Morgan fingerprint density at radius 3 is 2.35 bits per heavy atom. The Morgan fingerprint density at radius 2 is 1.70 bits per heavy atom. The van der Waals surface area contributed by atoms with Crippen molar-refractivity contribution in [2.45, 2.75) is 37.6 Å². The van der Waals surface area contributed by atoms with Gasteiger partial charge in [0, 0.05) is 6.04 Å². The van der Waals surface area contributed by atoms with E-state index in [1.807, 2.05) is 12.3 Å². The molecule has 1 heterocycles. The third-order valence-electron chi connectivity index (χ3n) is 4.10. The van der Waals surface area contributed by atoms with Gasteiger partial charge < -0.3 is 5.32 Å². The van der Waals surface area contributed by atoms with Crippen molar-refractivity contribution in [3.05, 3.63) is 58.8 Å². The second-order valence-corrected chi connectivity index (χ2v) is 6.29. The number of hydrogen-bond acceptors (Lipinski definition) is 2. The average Bonchev–Trinajstić information content (AvgIpc) is 2.51. The molecule has 1 aromatic heterocycles. The number of aromatic nitrogens is 1. The molecule has 1 aliphatic carbocycles. The fraction of sp³-hybridized carbons (Fsp3) is 0.353. The summed E-state index contributed by atoms with van der Waals surface area (Å²) in [6.45, 7) is 0. The van der Waals surface area contributed by atoms with Gasteiger partial charge in [-0.25, -0.2) is 4.98 Å². The average molecular weight is 331 g/mol. The molecule has 1 aliphatic rings. The molecule has 1 aromatic carbocycles. The number of rotatable bonds is 3. The van der Waals surface area contributed by atoms with Crippen molar-refractivity contribution in [2.24, 2.45) is 0 Å². The molecule has 0 saturated heterocycles. The Kier molecular flexibility index (Phi) is 4.36. The molecule has 0 unspecified atom stereocenters. The van der Waals surface area contributed by atoms with Crippen LogP contribution in [0.4, 0.5) is 5.69 Å². The van der Waals surface area contributed by atoms with Crippen molar-refractivity contribution in [2.75, 3.05) is 5.32 Å². The summed E-state index contributed by atoms with van der Waals surface area (Å²) < 4.78 is 0.885. The van der Waals surface area contributed by atoms with Crippen LogP contribution in [0.2, 0.25) is 0 Å². The van der Waals surface area contributed by atoms with Crippen LogP contribution in [-0.4, -0.2) is 11.0 Å². The number of anilines is 1. The van der Waals surface area contributed by atoms with Crippen LogP contribution < -0.4 is 5.32 Å². The zero-order valence-corrected chi connectivity index (χ0v) is 13.0. The number of nitrogens with one attached hydrogen (secondary N) is 1. The molecule has 20 heavy (non-hydrogen) atoms. The molecule has 3 heteroatoms. The summed E-state index contributed by atoms with van der Waals surface area (Å²) >= 11 is 3.37. The number of halogens is 1. The van der Waals surface area contributed by atoms with Crippen molar-refractivity contribution in [3.8, 4) is 0 Å². The molecule has 1 saturated carbocycles. The fourth-order valence-corrected chi connectivity index (χ4v) is 3.23. The highest BCUT2D eigenvalue weighted by atomic mass is 79.9. The summed E-state index contributed by atoms with van der Waals surface area (Å²) in [6.07, 6.45) is 6.90. The summed E-state index contributed by atoms with van der Waals surface area (Å²) in [5, 5.41) is 3.60. The molecule has 0 amide bonds. The number of nitrogens with zero attached hydrogens (tertiary/aromatic N) is 1. The van der Waals surface area contributed by atoms with Crippen LogP contribution in [0.15, 0.2) is 53.3 Å². The molecule has 0 aliphatic heterocycles. The van der Waals surface area contributed by atoms with E-state index in [4.69, 9.17) is 0 Å². The third-order valence-corrected chi connectivity index (χ3v) is 4.57. The first-order valence-corrected chi connectivity index (χ1v) is 8.03. The Morgan fingerprint density at radius 1 is 0.950 bits per heavy atom. The van der Waals surface area contributed by atoms with Crippen molar-refractivity contribution in [1.29, 1.82) is 0 Å². The van der Waals surface area contributed by atoms with Gasteiger partial charge in [0.15, 0.2) is 0 Å². The molecule has 2 nitrogen and oxygen atoms in total. The minimum absolute atomic E-state index is 0.581. The monoisotopic (exact) mass is 330 g/mol. The van der Waals surface area contributed by atoms with E-state index >= 15 is 0 Å². The van der Waals surface area contributed by atoms with Gasteiger partial charge in [0.2, 0.25) is 0 Å². The Hall–Kier alpha value is -1.35. The smallest absolute Gasteiger partial charge is 0.106 e. The summed E-state index contributed by atoms with van der Waals surface area (Å²) in [7, 11) is 0. The first-order chi connectivity index (χ1) is 9.81. The zero-order chi connectivity index (χ0) is 13.8. The first kappa shape index (κ1) is 13.6. The van der Waals surface area contributed by atoms with Gasteiger partial charge in [0.25, 0.3) is 0 Å².